The Morgan fingerprint density at radius 3 is 2.85 bits per heavy atom. The van der Waals surface area contributed by atoms with Crippen LogP contribution in [0.25, 0.3) is 21.2 Å². The van der Waals surface area contributed by atoms with E-state index >= 15 is 4.39 Å². The van der Waals surface area contributed by atoms with E-state index in [2.05, 4.69) is 19.8 Å². The predicted molar refractivity (Wildman–Crippen MR) is 141 cm³/mol. The van der Waals surface area contributed by atoms with Crippen molar-refractivity contribution < 1.29 is 37.9 Å². The molecule has 41 heavy (non-hydrogen) atoms. The molecule has 0 spiro atoms. The van der Waals surface area contributed by atoms with Gasteiger partial charge in [0.1, 0.15) is 18.5 Å². The van der Waals surface area contributed by atoms with Crippen LogP contribution in [0, 0.1) is 0 Å². The summed E-state index contributed by atoms with van der Waals surface area (Å²) in [6.45, 7) is 2.32. The molecule has 0 aliphatic carbocycles. The van der Waals surface area contributed by atoms with Gasteiger partial charge in [-0.2, -0.15) is 4.98 Å². The number of halogens is 1. The molecule has 1 saturated heterocycles. The third-order valence-corrected chi connectivity index (χ3v) is 6.90. The van der Waals surface area contributed by atoms with Crippen molar-refractivity contribution in [1.29, 1.82) is 0 Å². The summed E-state index contributed by atoms with van der Waals surface area (Å²) in [5.41, 5.74) is 11.3. The highest BCUT2D eigenvalue weighted by Gasteiger charge is 2.57. The second-order valence-corrected chi connectivity index (χ2v) is 9.64. The number of hydrogen-bond donors (Lipinski definition) is 2. The molecule has 6 atom stereocenters. The SMILES string of the molecule is CCOC(=O)[C@H](C)/N=[P+](\[O-])Oc1c(OC[C@@]2(N=[N+]=[N-])O[C@@H](n3ccc(N)nc3=O)[C@H](O)[C@@H]2F)ccc2ccccc12. The molecule has 216 valence electrons. The second-order valence-electron chi connectivity index (χ2n) is 8.75. The lowest BCUT2D eigenvalue weighted by molar-refractivity contribution is -0.169. The van der Waals surface area contributed by atoms with E-state index in [-0.39, 0.29) is 23.9 Å². The minimum absolute atomic E-state index is 0.0652. The van der Waals surface area contributed by atoms with Crippen LogP contribution in [0.5, 0.6) is 11.5 Å². The quantitative estimate of drug-likeness (QED) is 0.116. The zero-order chi connectivity index (χ0) is 29.7. The van der Waals surface area contributed by atoms with Crippen molar-refractivity contribution >= 4 is 30.7 Å². The number of esters is 1. The number of nitrogen functional groups attached to an aromatic ring is 1. The predicted octanol–water partition coefficient (Wildman–Crippen LogP) is 2.48. The Balaban J connectivity index is 1.67. The monoisotopic (exact) mass is 589 g/mol. The number of carbonyl (C=O) groups excluding carboxylic acids is 1. The van der Waals surface area contributed by atoms with E-state index in [1.165, 1.54) is 19.1 Å². The Morgan fingerprint density at radius 1 is 1.39 bits per heavy atom. The number of benzene rings is 2. The molecule has 2 heterocycles. The number of nitrogens with two attached hydrogens (primary N) is 1. The van der Waals surface area contributed by atoms with Gasteiger partial charge in [0.2, 0.25) is 11.5 Å². The van der Waals surface area contributed by atoms with E-state index in [4.69, 9.17) is 24.5 Å². The van der Waals surface area contributed by atoms with Crippen LogP contribution in [-0.4, -0.2) is 57.9 Å². The molecule has 0 radical (unpaired) electrons. The minimum atomic E-state index is -2.82. The summed E-state index contributed by atoms with van der Waals surface area (Å²) >= 11 is 0. The third kappa shape index (κ3) is 6.21. The van der Waals surface area contributed by atoms with E-state index in [0.717, 1.165) is 10.8 Å². The highest BCUT2D eigenvalue weighted by Crippen LogP contribution is 2.43. The number of carbonyl (C=O) groups is 1. The van der Waals surface area contributed by atoms with Gasteiger partial charge in [0.15, 0.2) is 24.2 Å². The van der Waals surface area contributed by atoms with Crippen LogP contribution in [0.15, 0.2) is 63.3 Å². The number of hydrogen-bond acceptors (Lipinski definition) is 12. The highest BCUT2D eigenvalue weighted by molar-refractivity contribution is 7.34. The van der Waals surface area contributed by atoms with Crippen molar-refractivity contribution in [2.24, 2.45) is 9.86 Å². The summed E-state index contributed by atoms with van der Waals surface area (Å²) in [6, 6.07) is 10.1. The van der Waals surface area contributed by atoms with E-state index < -0.39 is 56.7 Å². The molecule has 0 saturated carbocycles. The van der Waals surface area contributed by atoms with E-state index in [1.54, 1.807) is 37.3 Å². The first-order valence-electron chi connectivity index (χ1n) is 12.2. The number of rotatable bonds is 10. The topological polar surface area (TPSA) is 219 Å². The summed E-state index contributed by atoms with van der Waals surface area (Å²) in [5, 5.41) is 15.1. The number of azide groups is 1. The Morgan fingerprint density at radius 2 is 2.15 bits per heavy atom. The van der Waals surface area contributed by atoms with Crippen molar-refractivity contribution in [2.75, 3.05) is 18.9 Å². The molecule has 3 N–H and O–H groups in total. The fourth-order valence-electron chi connectivity index (χ4n) is 4.06. The van der Waals surface area contributed by atoms with Crippen LogP contribution in [0.2, 0.25) is 0 Å². The smallest absolute Gasteiger partial charge is 0.395 e. The first-order valence-corrected chi connectivity index (χ1v) is 13.3. The van der Waals surface area contributed by atoms with Crippen LogP contribution >= 0.6 is 8.17 Å². The van der Waals surface area contributed by atoms with Crippen molar-refractivity contribution in [1.82, 2.24) is 9.55 Å². The summed E-state index contributed by atoms with van der Waals surface area (Å²) in [5.74, 6) is -0.935. The lowest BCUT2D eigenvalue weighted by Gasteiger charge is -2.26. The number of alkyl halides is 1. The van der Waals surface area contributed by atoms with Crippen LogP contribution in [0.1, 0.15) is 20.1 Å². The minimum Gasteiger partial charge on any atom is -0.575 e. The Kier molecular flexibility index (Phi) is 9.01. The number of ether oxygens (including phenoxy) is 3. The molecule has 1 aromatic heterocycles. The van der Waals surface area contributed by atoms with Gasteiger partial charge in [0.05, 0.1) is 6.61 Å². The van der Waals surface area contributed by atoms with Gasteiger partial charge in [0.25, 0.3) is 0 Å². The van der Waals surface area contributed by atoms with E-state index in [0.29, 0.717) is 10.8 Å². The summed E-state index contributed by atoms with van der Waals surface area (Å²) in [7, 11) is -2.82. The van der Waals surface area contributed by atoms with E-state index in [9.17, 15) is 25.1 Å². The summed E-state index contributed by atoms with van der Waals surface area (Å²) in [4.78, 5) is 43.2. The third-order valence-electron chi connectivity index (χ3n) is 6.03. The maximum absolute atomic E-state index is 15.5. The molecule has 0 amide bonds. The number of fused-ring (bicyclic) bond motifs is 1. The average Bonchev–Trinajstić information content (AvgIpc) is 3.18. The van der Waals surface area contributed by atoms with Crippen LogP contribution in [-0.2, 0) is 14.3 Å². The number of nitrogens with zero attached hydrogens (tertiary/aromatic N) is 6. The summed E-state index contributed by atoms with van der Waals surface area (Å²) in [6.07, 6.45) is -4.80. The fourth-order valence-corrected chi connectivity index (χ4v) is 4.83. The van der Waals surface area contributed by atoms with Gasteiger partial charge in [-0.05, 0) is 36.9 Å². The molecule has 1 unspecified atom stereocenters. The van der Waals surface area contributed by atoms with Gasteiger partial charge in [-0.25, -0.2) is 14.0 Å². The van der Waals surface area contributed by atoms with Crippen molar-refractivity contribution in [2.45, 2.75) is 44.1 Å². The first-order chi connectivity index (χ1) is 19.6. The average molecular weight is 589 g/mol. The van der Waals surface area contributed by atoms with Crippen molar-refractivity contribution in [3.63, 3.8) is 0 Å². The van der Waals surface area contributed by atoms with Crippen molar-refractivity contribution in [3.8, 4) is 11.5 Å². The normalized spacial score (nSPS) is 23.0. The highest BCUT2D eigenvalue weighted by atomic mass is 31.1. The molecule has 15 nitrogen and oxygen atoms in total. The van der Waals surface area contributed by atoms with Gasteiger partial charge in [0, 0.05) is 16.5 Å². The molecule has 4 rings (SSSR count). The van der Waals surface area contributed by atoms with Gasteiger partial charge in [-0.3, -0.25) is 9.09 Å². The van der Waals surface area contributed by atoms with Gasteiger partial charge < -0.3 is 29.9 Å². The number of aromatic nitrogens is 2. The zero-order valence-electron chi connectivity index (χ0n) is 21.7. The van der Waals surface area contributed by atoms with Crippen LogP contribution < -0.4 is 25.6 Å². The molecule has 1 aliphatic rings. The molecule has 0 bridgehead atoms. The number of aliphatic hydroxyl groups excluding tert-OH is 1. The lowest BCUT2D eigenvalue weighted by Crippen LogP contribution is -2.43. The maximum atomic E-state index is 15.5. The van der Waals surface area contributed by atoms with Crippen LogP contribution in [0.3, 0.4) is 0 Å². The van der Waals surface area contributed by atoms with E-state index in [1.807, 2.05) is 0 Å². The van der Waals surface area contributed by atoms with Crippen LogP contribution in [0.4, 0.5) is 10.2 Å². The zero-order valence-corrected chi connectivity index (χ0v) is 22.6. The standard InChI is InChI=1S/C24H25FN7O8P/c1-3-37-22(34)13(2)29-41(36)40-19-15-7-5-4-6-14(15)8-9-16(19)38-12-24(30-31-27)20(25)18(33)21(39-24)32-11-10-17(26)28-23(32)35/h4-11,13,18,20-21,33H,3,12H2,1-2H3,(H2,26,28,35)/t13-,18+,20-,21+,24+/m0/s1. The summed E-state index contributed by atoms with van der Waals surface area (Å²) < 4.78 is 42.0. The van der Waals surface area contributed by atoms with Crippen molar-refractivity contribution in [3.05, 3.63) is 69.6 Å². The number of anilines is 1. The molecule has 2 aromatic carbocycles. The molecule has 1 aliphatic heterocycles. The van der Waals surface area contributed by atoms with Gasteiger partial charge in [-0.15, -0.1) is 0 Å². The Hall–Kier alpha value is -4.33. The molecular weight excluding hydrogens is 564 g/mol. The Bertz CT molecular complexity index is 1580. The maximum Gasteiger partial charge on any atom is 0.395 e. The fraction of sp³-hybridized carbons (Fsp3) is 0.375. The lowest BCUT2D eigenvalue weighted by atomic mass is 10.1. The van der Waals surface area contributed by atoms with Gasteiger partial charge in [-0.1, -0.05) is 40.2 Å². The second kappa shape index (κ2) is 12.5. The van der Waals surface area contributed by atoms with Gasteiger partial charge >= 0.3 is 19.8 Å². The molecular formula is C24H25FN7O8P. The number of aliphatic hydroxyl groups is 1. The molecule has 1 fully saturated rings. The largest absolute Gasteiger partial charge is 0.575 e. The molecule has 17 heteroatoms. The Labute approximate surface area is 232 Å². The first kappa shape index (κ1) is 29.6. The molecule has 3 aromatic rings.